The van der Waals surface area contributed by atoms with Crippen LogP contribution in [0.3, 0.4) is 0 Å². The summed E-state index contributed by atoms with van der Waals surface area (Å²) in [7, 11) is 0. The first-order valence-corrected chi connectivity index (χ1v) is 5.75. The van der Waals surface area contributed by atoms with Crippen molar-refractivity contribution in [1.29, 1.82) is 0 Å². The second-order valence-corrected chi connectivity index (χ2v) is 4.66. The maximum Gasteiger partial charge on any atom is 0.227 e. The number of nitrogens with two attached hydrogens (primary N) is 1. The van der Waals surface area contributed by atoms with Gasteiger partial charge in [-0.15, -0.1) is 0 Å². The van der Waals surface area contributed by atoms with Crippen LogP contribution >= 0.6 is 15.9 Å². The van der Waals surface area contributed by atoms with Crippen molar-refractivity contribution in [1.82, 2.24) is 0 Å². The topological polar surface area (TPSA) is 46.3 Å². The molecule has 0 spiro atoms. The third-order valence-corrected chi connectivity index (χ3v) is 3.33. The van der Waals surface area contributed by atoms with E-state index in [0.717, 1.165) is 34.4 Å². The van der Waals surface area contributed by atoms with Gasteiger partial charge in [0.2, 0.25) is 5.91 Å². The van der Waals surface area contributed by atoms with Crippen LogP contribution in [0.15, 0.2) is 16.6 Å². The van der Waals surface area contributed by atoms with Crippen molar-refractivity contribution in [3.05, 3.63) is 22.2 Å². The lowest BCUT2D eigenvalue weighted by atomic mass is 10.2. The van der Waals surface area contributed by atoms with Gasteiger partial charge in [-0.05, 0) is 47.0 Å². The lowest BCUT2D eigenvalue weighted by molar-refractivity contribution is -0.117. The Bertz CT molecular complexity index is 417. The number of rotatable bonds is 1. The first-order chi connectivity index (χ1) is 7.09. The molecule has 0 aliphatic carbocycles. The molecule has 4 heteroatoms. The zero-order chi connectivity index (χ0) is 11.0. The Hall–Kier alpha value is -1.03. The second kappa shape index (κ2) is 3.85. The Kier molecular flexibility index (Phi) is 2.69. The average Bonchev–Trinajstić information content (AvgIpc) is 2.58. The first-order valence-electron chi connectivity index (χ1n) is 4.95. The molecule has 0 aromatic heterocycles. The van der Waals surface area contributed by atoms with Gasteiger partial charge in [0.1, 0.15) is 0 Å². The molecule has 1 amide bonds. The molecule has 1 heterocycles. The zero-order valence-electron chi connectivity index (χ0n) is 8.59. The largest absolute Gasteiger partial charge is 0.398 e. The summed E-state index contributed by atoms with van der Waals surface area (Å²) >= 11 is 3.47. The molecule has 0 saturated carbocycles. The zero-order valence-corrected chi connectivity index (χ0v) is 10.2. The Morgan fingerprint density at radius 2 is 2.20 bits per heavy atom. The molecule has 1 fully saturated rings. The molecule has 80 valence electrons. The van der Waals surface area contributed by atoms with Crippen molar-refractivity contribution >= 4 is 33.2 Å². The lowest BCUT2D eigenvalue weighted by Gasteiger charge is -2.18. The van der Waals surface area contributed by atoms with Crippen LogP contribution in [0.5, 0.6) is 0 Å². The van der Waals surface area contributed by atoms with Gasteiger partial charge in [0, 0.05) is 23.1 Å². The maximum atomic E-state index is 11.6. The third kappa shape index (κ3) is 1.86. The van der Waals surface area contributed by atoms with E-state index in [2.05, 4.69) is 15.9 Å². The van der Waals surface area contributed by atoms with E-state index in [0.29, 0.717) is 6.42 Å². The summed E-state index contributed by atoms with van der Waals surface area (Å²) < 4.78 is 0.935. The second-order valence-electron chi connectivity index (χ2n) is 3.81. The van der Waals surface area contributed by atoms with E-state index >= 15 is 0 Å². The highest BCUT2D eigenvalue weighted by Gasteiger charge is 2.23. The summed E-state index contributed by atoms with van der Waals surface area (Å²) in [5, 5.41) is 0. The molecule has 1 saturated heterocycles. The summed E-state index contributed by atoms with van der Waals surface area (Å²) in [6, 6.07) is 3.82. The Labute approximate surface area is 97.4 Å². The van der Waals surface area contributed by atoms with Crippen molar-refractivity contribution in [2.24, 2.45) is 0 Å². The molecule has 0 radical (unpaired) electrons. The fourth-order valence-electron chi connectivity index (χ4n) is 1.79. The SMILES string of the molecule is Cc1cc(Br)c(N2CCCC2=O)cc1N. The molecule has 0 atom stereocenters. The minimum Gasteiger partial charge on any atom is -0.398 e. The summed E-state index contributed by atoms with van der Waals surface area (Å²) in [6.45, 7) is 2.75. The quantitative estimate of drug-likeness (QED) is 0.796. The number of aryl methyl sites for hydroxylation is 1. The van der Waals surface area contributed by atoms with Crippen molar-refractivity contribution < 1.29 is 4.79 Å². The highest BCUT2D eigenvalue weighted by Crippen LogP contribution is 2.33. The van der Waals surface area contributed by atoms with Crippen LogP contribution < -0.4 is 10.6 Å². The van der Waals surface area contributed by atoms with Crippen molar-refractivity contribution in [3.63, 3.8) is 0 Å². The fourth-order valence-corrected chi connectivity index (χ4v) is 2.46. The summed E-state index contributed by atoms with van der Waals surface area (Å²) in [5.41, 5.74) is 8.49. The lowest BCUT2D eigenvalue weighted by Crippen LogP contribution is -2.24. The van der Waals surface area contributed by atoms with Crippen LogP contribution in [-0.2, 0) is 4.79 Å². The maximum absolute atomic E-state index is 11.6. The van der Waals surface area contributed by atoms with Gasteiger partial charge in [0.15, 0.2) is 0 Å². The fraction of sp³-hybridized carbons (Fsp3) is 0.364. The van der Waals surface area contributed by atoms with E-state index in [1.54, 1.807) is 4.90 Å². The molecular weight excluding hydrogens is 256 g/mol. The minimum absolute atomic E-state index is 0.180. The summed E-state index contributed by atoms with van der Waals surface area (Å²) in [5.74, 6) is 0.180. The number of halogens is 1. The normalized spacial score (nSPS) is 16.1. The molecule has 1 aliphatic heterocycles. The molecule has 2 N–H and O–H groups in total. The van der Waals surface area contributed by atoms with E-state index in [-0.39, 0.29) is 5.91 Å². The molecule has 1 aromatic rings. The molecule has 0 bridgehead atoms. The minimum atomic E-state index is 0.180. The monoisotopic (exact) mass is 268 g/mol. The van der Waals surface area contributed by atoms with Crippen LogP contribution in [0.2, 0.25) is 0 Å². The predicted octanol–water partition coefficient (Wildman–Crippen LogP) is 2.47. The molecule has 1 aromatic carbocycles. The number of hydrogen-bond donors (Lipinski definition) is 1. The van der Waals surface area contributed by atoms with Crippen molar-refractivity contribution in [2.45, 2.75) is 19.8 Å². The van der Waals surface area contributed by atoms with Crippen LogP contribution in [0.1, 0.15) is 18.4 Å². The average molecular weight is 269 g/mol. The van der Waals surface area contributed by atoms with Gasteiger partial charge in [-0.2, -0.15) is 0 Å². The van der Waals surface area contributed by atoms with Gasteiger partial charge in [0.25, 0.3) is 0 Å². The Balaban J connectivity index is 2.43. The van der Waals surface area contributed by atoms with Crippen molar-refractivity contribution in [2.75, 3.05) is 17.2 Å². The number of hydrogen-bond acceptors (Lipinski definition) is 2. The number of carbonyl (C=O) groups excluding carboxylic acids is 1. The standard InChI is InChI=1S/C11H13BrN2O/c1-7-5-8(12)10(6-9(7)13)14-4-2-3-11(14)15/h5-6H,2-4,13H2,1H3. The van der Waals surface area contributed by atoms with Gasteiger partial charge in [-0.25, -0.2) is 0 Å². The van der Waals surface area contributed by atoms with Gasteiger partial charge < -0.3 is 10.6 Å². The molecular formula is C11H13BrN2O. The molecule has 1 aliphatic rings. The summed E-state index contributed by atoms with van der Waals surface area (Å²) in [6.07, 6.45) is 1.57. The number of carbonyl (C=O) groups is 1. The van der Waals surface area contributed by atoms with E-state index in [1.807, 2.05) is 19.1 Å². The van der Waals surface area contributed by atoms with Gasteiger partial charge in [-0.3, -0.25) is 4.79 Å². The number of anilines is 2. The highest BCUT2D eigenvalue weighted by molar-refractivity contribution is 9.10. The highest BCUT2D eigenvalue weighted by atomic mass is 79.9. The Morgan fingerprint density at radius 1 is 1.47 bits per heavy atom. The van der Waals surface area contributed by atoms with Crippen LogP contribution in [0, 0.1) is 6.92 Å². The molecule has 0 unspecified atom stereocenters. The van der Waals surface area contributed by atoms with Gasteiger partial charge in [-0.1, -0.05) is 0 Å². The number of amides is 1. The molecule has 3 nitrogen and oxygen atoms in total. The van der Waals surface area contributed by atoms with Crippen LogP contribution in [-0.4, -0.2) is 12.5 Å². The summed E-state index contributed by atoms with van der Waals surface area (Å²) in [4.78, 5) is 13.4. The number of nitrogens with zero attached hydrogens (tertiary/aromatic N) is 1. The predicted molar refractivity (Wildman–Crippen MR) is 64.9 cm³/mol. The van der Waals surface area contributed by atoms with E-state index in [9.17, 15) is 4.79 Å². The third-order valence-electron chi connectivity index (χ3n) is 2.70. The Morgan fingerprint density at radius 3 is 2.80 bits per heavy atom. The number of benzene rings is 1. The van der Waals surface area contributed by atoms with Gasteiger partial charge >= 0.3 is 0 Å². The molecule has 2 rings (SSSR count). The number of nitrogen functional groups attached to an aromatic ring is 1. The van der Waals surface area contributed by atoms with E-state index in [1.165, 1.54) is 0 Å². The van der Waals surface area contributed by atoms with Crippen molar-refractivity contribution in [3.8, 4) is 0 Å². The van der Waals surface area contributed by atoms with Gasteiger partial charge in [0.05, 0.1) is 5.69 Å². The smallest absolute Gasteiger partial charge is 0.227 e. The van der Waals surface area contributed by atoms with E-state index < -0.39 is 0 Å². The van der Waals surface area contributed by atoms with E-state index in [4.69, 9.17) is 5.73 Å². The first kappa shape index (κ1) is 10.5. The van der Waals surface area contributed by atoms with Crippen LogP contribution in [0.25, 0.3) is 0 Å². The molecule has 15 heavy (non-hydrogen) atoms. The van der Waals surface area contributed by atoms with Crippen LogP contribution in [0.4, 0.5) is 11.4 Å².